The molecular formula is C28H33N3O7. The Labute approximate surface area is 221 Å². The lowest BCUT2D eigenvalue weighted by atomic mass is 9.88. The van der Waals surface area contributed by atoms with Gasteiger partial charge in [-0.15, -0.1) is 0 Å². The Morgan fingerprint density at radius 2 is 1.39 bits per heavy atom. The molecule has 10 nitrogen and oxygen atoms in total. The molecule has 0 fully saturated rings. The molecule has 0 radical (unpaired) electrons. The summed E-state index contributed by atoms with van der Waals surface area (Å²) in [4.78, 5) is 23.0. The van der Waals surface area contributed by atoms with Crippen LogP contribution in [0.25, 0.3) is 0 Å². The van der Waals surface area contributed by atoms with E-state index in [4.69, 9.17) is 4.74 Å². The van der Waals surface area contributed by atoms with Crippen molar-refractivity contribution in [2.75, 3.05) is 44.5 Å². The highest BCUT2D eigenvalue weighted by Gasteiger charge is 2.16. The van der Waals surface area contributed by atoms with Crippen LogP contribution in [0.15, 0.2) is 72.8 Å². The second-order valence-electron chi connectivity index (χ2n) is 8.48. The van der Waals surface area contributed by atoms with Gasteiger partial charge in [0.15, 0.2) is 0 Å². The van der Waals surface area contributed by atoms with E-state index in [1.54, 1.807) is 18.2 Å². The first-order chi connectivity index (χ1) is 18.4. The van der Waals surface area contributed by atoms with Gasteiger partial charge >= 0.3 is 12.2 Å². The first-order valence-electron chi connectivity index (χ1n) is 12.1. The van der Waals surface area contributed by atoms with Crippen molar-refractivity contribution in [3.05, 3.63) is 83.9 Å². The molecule has 0 saturated heterocycles. The number of amides is 2. The summed E-state index contributed by atoms with van der Waals surface area (Å²) in [5, 5.41) is 28.4. The summed E-state index contributed by atoms with van der Waals surface area (Å²) in [6.45, 7) is 1.02. The molecular weight excluding hydrogens is 490 g/mol. The average molecular weight is 524 g/mol. The SMILES string of the molecule is COC(=O)Nc1ccc(C(CCNC[C@H](O)COc2cccc(O)c2)c2ccc(NC(=O)OC)cc2)cc1. The Morgan fingerprint density at radius 1 is 0.842 bits per heavy atom. The molecule has 1 atom stereocenters. The number of hydrogen-bond donors (Lipinski definition) is 5. The number of rotatable bonds is 12. The van der Waals surface area contributed by atoms with Crippen molar-refractivity contribution in [1.82, 2.24) is 5.32 Å². The molecule has 0 saturated carbocycles. The standard InChI is InChI=1S/C28H33N3O7/c1-36-27(34)30-21-10-6-19(7-11-21)26(20-8-12-22(13-9-20)31-28(35)37-2)14-15-29-17-24(33)18-38-25-5-3-4-23(32)16-25/h3-13,16,24,26,29,32-33H,14-15,17-18H2,1-2H3,(H,30,34)(H,31,35)/t24-/m0/s1. The zero-order valence-corrected chi connectivity index (χ0v) is 21.3. The van der Waals surface area contributed by atoms with Crippen molar-refractivity contribution in [2.45, 2.75) is 18.4 Å². The topological polar surface area (TPSA) is 138 Å². The lowest BCUT2D eigenvalue weighted by Gasteiger charge is -2.20. The van der Waals surface area contributed by atoms with Crippen LogP contribution in [-0.4, -0.2) is 62.4 Å². The summed E-state index contributed by atoms with van der Waals surface area (Å²) < 4.78 is 14.8. The van der Waals surface area contributed by atoms with Gasteiger partial charge in [0.1, 0.15) is 24.2 Å². The highest BCUT2D eigenvalue weighted by atomic mass is 16.5. The third-order valence-electron chi connectivity index (χ3n) is 5.74. The van der Waals surface area contributed by atoms with E-state index in [-0.39, 0.29) is 18.3 Å². The van der Waals surface area contributed by atoms with Crippen molar-refractivity contribution in [1.29, 1.82) is 0 Å². The molecule has 202 valence electrons. The maximum atomic E-state index is 11.5. The van der Waals surface area contributed by atoms with E-state index in [0.29, 0.717) is 36.6 Å². The van der Waals surface area contributed by atoms with Gasteiger partial charge in [-0.05, 0) is 60.5 Å². The molecule has 3 aromatic carbocycles. The van der Waals surface area contributed by atoms with Gasteiger partial charge in [-0.2, -0.15) is 0 Å². The molecule has 0 aromatic heterocycles. The maximum Gasteiger partial charge on any atom is 0.411 e. The number of nitrogens with one attached hydrogen (secondary N) is 3. The number of methoxy groups -OCH3 is 2. The van der Waals surface area contributed by atoms with Crippen molar-refractivity contribution in [3.8, 4) is 11.5 Å². The summed E-state index contributed by atoms with van der Waals surface area (Å²) in [6, 6.07) is 21.4. The summed E-state index contributed by atoms with van der Waals surface area (Å²) in [6.07, 6.45) is -1.10. The number of carbonyl (C=O) groups excluding carboxylic acids is 2. The van der Waals surface area contributed by atoms with Crippen LogP contribution in [0.2, 0.25) is 0 Å². The largest absolute Gasteiger partial charge is 0.508 e. The van der Waals surface area contributed by atoms with Crippen LogP contribution in [0.5, 0.6) is 11.5 Å². The number of aliphatic hydroxyl groups excluding tert-OH is 1. The van der Waals surface area contributed by atoms with Crippen molar-refractivity contribution in [3.63, 3.8) is 0 Å². The lowest BCUT2D eigenvalue weighted by Crippen LogP contribution is -2.32. The van der Waals surface area contributed by atoms with E-state index in [0.717, 1.165) is 11.1 Å². The number of phenols is 1. The second-order valence-corrected chi connectivity index (χ2v) is 8.48. The Bertz CT molecular complexity index is 1110. The number of phenolic OH excluding ortho intramolecular Hbond substituents is 1. The Morgan fingerprint density at radius 3 is 1.89 bits per heavy atom. The van der Waals surface area contributed by atoms with Gasteiger partial charge in [0.05, 0.1) is 14.2 Å². The maximum absolute atomic E-state index is 11.5. The minimum Gasteiger partial charge on any atom is -0.508 e. The zero-order valence-electron chi connectivity index (χ0n) is 21.3. The summed E-state index contributed by atoms with van der Waals surface area (Å²) in [5.41, 5.74) is 3.29. The smallest absolute Gasteiger partial charge is 0.411 e. The van der Waals surface area contributed by atoms with E-state index in [2.05, 4.69) is 25.4 Å². The van der Waals surface area contributed by atoms with Gasteiger partial charge in [-0.25, -0.2) is 9.59 Å². The molecule has 0 aliphatic rings. The molecule has 38 heavy (non-hydrogen) atoms. The fraction of sp³-hybridized carbons (Fsp3) is 0.286. The number of ether oxygens (including phenoxy) is 3. The fourth-order valence-corrected chi connectivity index (χ4v) is 3.80. The van der Waals surface area contributed by atoms with Crippen LogP contribution in [0.1, 0.15) is 23.5 Å². The van der Waals surface area contributed by atoms with Gasteiger partial charge in [-0.1, -0.05) is 30.3 Å². The second kappa shape index (κ2) is 14.5. The van der Waals surface area contributed by atoms with E-state index in [9.17, 15) is 19.8 Å². The van der Waals surface area contributed by atoms with Crippen LogP contribution < -0.4 is 20.7 Å². The fourth-order valence-electron chi connectivity index (χ4n) is 3.80. The third-order valence-corrected chi connectivity index (χ3v) is 5.74. The molecule has 0 unspecified atom stereocenters. The van der Waals surface area contributed by atoms with Crippen LogP contribution in [0, 0.1) is 0 Å². The van der Waals surface area contributed by atoms with Crippen LogP contribution in [0.4, 0.5) is 21.0 Å². The molecule has 3 rings (SSSR count). The number of benzene rings is 3. The Kier molecular flexibility index (Phi) is 10.8. The molecule has 0 heterocycles. The van der Waals surface area contributed by atoms with Gasteiger partial charge in [-0.3, -0.25) is 10.6 Å². The highest BCUT2D eigenvalue weighted by Crippen LogP contribution is 2.30. The number of aromatic hydroxyl groups is 1. The van der Waals surface area contributed by atoms with E-state index < -0.39 is 18.3 Å². The van der Waals surface area contributed by atoms with Crippen molar-refractivity contribution >= 4 is 23.6 Å². The zero-order chi connectivity index (χ0) is 27.3. The number of aliphatic hydroxyl groups is 1. The molecule has 10 heteroatoms. The van der Waals surface area contributed by atoms with E-state index in [1.807, 2.05) is 48.5 Å². The monoisotopic (exact) mass is 523 g/mol. The lowest BCUT2D eigenvalue weighted by molar-refractivity contribution is 0.106. The first-order valence-corrected chi connectivity index (χ1v) is 12.1. The van der Waals surface area contributed by atoms with Crippen molar-refractivity contribution < 1.29 is 34.0 Å². The molecule has 0 aliphatic heterocycles. The molecule has 0 aliphatic carbocycles. The van der Waals surface area contributed by atoms with E-state index in [1.165, 1.54) is 20.3 Å². The summed E-state index contributed by atoms with van der Waals surface area (Å²) in [7, 11) is 2.61. The summed E-state index contributed by atoms with van der Waals surface area (Å²) >= 11 is 0. The summed E-state index contributed by atoms with van der Waals surface area (Å²) in [5.74, 6) is 0.589. The van der Waals surface area contributed by atoms with Gasteiger partial charge in [0, 0.05) is 29.9 Å². The predicted octanol–water partition coefficient (Wildman–Crippen LogP) is 4.30. The van der Waals surface area contributed by atoms with Gasteiger partial charge in [0.25, 0.3) is 0 Å². The van der Waals surface area contributed by atoms with Gasteiger partial charge < -0.3 is 29.7 Å². The predicted molar refractivity (Wildman–Crippen MR) is 144 cm³/mol. The average Bonchev–Trinajstić information content (AvgIpc) is 2.93. The normalized spacial score (nSPS) is 11.5. The van der Waals surface area contributed by atoms with Gasteiger partial charge in [0.2, 0.25) is 0 Å². The third kappa shape index (κ3) is 8.99. The Hall–Kier alpha value is -4.28. The van der Waals surface area contributed by atoms with E-state index >= 15 is 0 Å². The molecule has 5 N–H and O–H groups in total. The quantitative estimate of drug-likeness (QED) is 0.222. The molecule has 2 amide bonds. The Balaban J connectivity index is 1.61. The molecule has 0 bridgehead atoms. The first kappa shape index (κ1) is 28.3. The van der Waals surface area contributed by atoms with Crippen LogP contribution >= 0.6 is 0 Å². The number of carbonyl (C=O) groups is 2. The number of hydrogen-bond acceptors (Lipinski definition) is 8. The van der Waals surface area contributed by atoms with Crippen LogP contribution in [0.3, 0.4) is 0 Å². The highest BCUT2D eigenvalue weighted by molar-refractivity contribution is 5.85. The minimum absolute atomic E-state index is 0.00235. The molecule has 3 aromatic rings. The van der Waals surface area contributed by atoms with Crippen LogP contribution in [-0.2, 0) is 9.47 Å². The number of anilines is 2. The minimum atomic E-state index is -0.733. The van der Waals surface area contributed by atoms with Crippen molar-refractivity contribution in [2.24, 2.45) is 0 Å². The molecule has 0 spiro atoms.